The number of pyridine rings is 1. The van der Waals surface area contributed by atoms with Crippen molar-refractivity contribution in [1.82, 2.24) is 10.3 Å². The number of benzene rings is 1. The van der Waals surface area contributed by atoms with E-state index in [1.54, 1.807) is 13.3 Å². The number of nitrogens with one attached hydrogen (secondary N) is 1. The summed E-state index contributed by atoms with van der Waals surface area (Å²) in [5, 5.41) is 3.84. The molecule has 2 aromatic rings. The SMILES string of the molecule is CNC(Cc1cccc(OC)c1)c1cc(Cl)cnc1N. The number of hydrogen-bond acceptors (Lipinski definition) is 4. The van der Waals surface area contributed by atoms with Crippen molar-refractivity contribution in [2.24, 2.45) is 0 Å². The number of methoxy groups -OCH3 is 1. The first kappa shape index (κ1) is 14.6. The van der Waals surface area contributed by atoms with Crippen LogP contribution in [0.5, 0.6) is 5.75 Å². The zero-order valence-electron chi connectivity index (χ0n) is 11.6. The Kier molecular flexibility index (Phi) is 4.82. The molecular weight excluding hydrogens is 274 g/mol. The Hall–Kier alpha value is -1.78. The predicted octanol–water partition coefficient (Wildman–Crippen LogP) is 2.83. The Bertz CT molecular complexity index is 589. The molecule has 1 aromatic carbocycles. The molecule has 4 nitrogen and oxygen atoms in total. The molecule has 1 unspecified atom stereocenters. The highest BCUT2D eigenvalue weighted by molar-refractivity contribution is 6.30. The van der Waals surface area contributed by atoms with E-state index in [-0.39, 0.29) is 6.04 Å². The van der Waals surface area contributed by atoms with Gasteiger partial charge in [0.1, 0.15) is 11.6 Å². The Morgan fingerprint density at radius 1 is 1.40 bits per heavy atom. The molecule has 106 valence electrons. The second-order valence-corrected chi connectivity index (χ2v) is 4.96. The van der Waals surface area contributed by atoms with Crippen LogP contribution in [0.1, 0.15) is 17.2 Å². The third kappa shape index (κ3) is 3.40. The molecule has 0 aliphatic carbocycles. The number of likely N-dealkylation sites (N-methyl/N-ethyl adjacent to an activating group) is 1. The van der Waals surface area contributed by atoms with Crippen LogP contribution in [0.4, 0.5) is 5.82 Å². The van der Waals surface area contributed by atoms with Gasteiger partial charge in [0.05, 0.1) is 12.1 Å². The molecule has 0 bridgehead atoms. The number of nitrogen functional groups attached to an aromatic ring is 1. The van der Waals surface area contributed by atoms with Crippen molar-refractivity contribution in [2.45, 2.75) is 12.5 Å². The molecule has 0 amide bonds. The van der Waals surface area contributed by atoms with Crippen molar-refractivity contribution in [3.8, 4) is 5.75 Å². The fourth-order valence-electron chi connectivity index (χ4n) is 2.15. The summed E-state index contributed by atoms with van der Waals surface area (Å²) in [6.07, 6.45) is 2.33. The summed E-state index contributed by atoms with van der Waals surface area (Å²) in [6, 6.07) is 9.87. The molecule has 0 spiro atoms. The minimum atomic E-state index is 0.0494. The van der Waals surface area contributed by atoms with Gasteiger partial charge in [-0.3, -0.25) is 0 Å². The lowest BCUT2D eigenvalue weighted by Crippen LogP contribution is -2.20. The van der Waals surface area contributed by atoms with E-state index in [2.05, 4.69) is 16.4 Å². The van der Waals surface area contributed by atoms with Crippen LogP contribution < -0.4 is 15.8 Å². The van der Waals surface area contributed by atoms with Gasteiger partial charge in [-0.2, -0.15) is 0 Å². The van der Waals surface area contributed by atoms with E-state index in [1.165, 1.54) is 0 Å². The average Bonchev–Trinajstić information content (AvgIpc) is 2.47. The van der Waals surface area contributed by atoms with Crippen LogP contribution in [0.15, 0.2) is 36.5 Å². The molecule has 1 heterocycles. The van der Waals surface area contributed by atoms with Gasteiger partial charge in [0.2, 0.25) is 0 Å². The number of rotatable bonds is 5. The van der Waals surface area contributed by atoms with Gasteiger partial charge in [-0.05, 0) is 37.2 Å². The van der Waals surface area contributed by atoms with Crippen molar-refractivity contribution < 1.29 is 4.74 Å². The Balaban J connectivity index is 2.26. The summed E-state index contributed by atoms with van der Waals surface area (Å²) in [5.41, 5.74) is 8.00. The smallest absolute Gasteiger partial charge is 0.128 e. The number of nitrogens with zero attached hydrogens (tertiary/aromatic N) is 1. The molecule has 0 radical (unpaired) electrons. The molecule has 0 aliphatic rings. The van der Waals surface area contributed by atoms with E-state index in [1.807, 2.05) is 31.3 Å². The van der Waals surface area contributed by atoms with Crippen molar-refractivity contribution in [3.05, 3.63) is 52.7 Å². The maximum atomic E-state index is 6.00. The van der Waals surface area contributed by atoms with Crippen molar-refractivity contribution in [2.75, 3.05) is 19.9 Å². The van der Waals surface area contributed by atoms with E-state index < -0.39 is 0 Å². The van der Waals surface area contributed by atoms with Gasteiger partial charge in [-0.1, -0.05) is 23.7 Å². The Morgan fingerprint density at radius 2 is 2.20 bits per heavy atom. The Labute approximate surface area is 123 Å². The summed E-state index contributed by atoms with van der Waals surface area (Å²) in [4.78, 5) is 4.10. The zero-order valence-corrected chi connectivity index (χ0v) is 12.3. The minimum absolute atomic E-state index is 0.0494. The molecule has 2 rings (SSSR count). The minimum Gasteiger partial charge on any atom is -0.497 e. The second kappa shape index (κ2) is 6.59. The quantitative estimate of drug-likeness (QED) is 0.889. The van der Waals surface area contributed by atoms with Crippen LogP contribution in [0.25, 0.3) is 0 Å². The molecule has 0 aliphatic heterocycles. The molecule has 3 N–H and O–H groups in total. The lowest BCUT2D eigenvalue weighted by Gasteiger charge is -2.18. The average molecular weight is 292 g/mol. The molecule has 0 saturated carbocycles. The fraction of sp³-hybridized carbons (Fsp3) is 0.267. The number of halogens is 1. The van der Waals surface area contributed by atoms with Crippen LogP contribution >= 0.6 is 11.6 Å². The predicted molar refractivity (Wildman–Crippen MR) is 82.2 cm³/mol. The van der Waals surface area contributed by atoms with Crippen LogP contribution in [-0.2, 0) is 6.42 Å². The van der Waals surface area contributed by atoms with Gasteiger partial charge < -0.3 is 15.8 Å². The van der Waals surface area contributed by atoms with Crippen LogP contribution in [-0.4, -0.2) is 19.1 Å². The second-order valence-electron chi connectivity index (χ2n) is 4.52. The maximum Gasteiger partial charge on any atom is 0.128 e. The largest absolute Gasteiger partial charge is 0.497 e. The third-order valence-corrected chi connectivity index (χ3v) is 3.42. The van der Waals surface area contributed by atoms with Crippen LogP contribution in [0, 0.1) is 0 Å². The number of aromatic nitrogens is 1. The fourth-order valence-corrected chi connectivity index (χ4v) is 2.31. The highest BCUT2D eigenvalue weighted by atomic mass is 35.5. The van der Waals surface area contributed by atoms with Crippen molar-refractivity contribution in [3.63, 3.8) is 0 Å². The zero-order chi connectivity index (χ0) is 14.5. The highest BCUT2D eigenvalue weighted by Gasteiger charge is 2.15. The van der Waals surface area contributed by atoms with Gasteiger partial charge in [-0.15, -0.1) is 0 Å². The summed E-state index contributed by atoms with van der Waals surface area (Å²) in [5.74, 6) is 1.34. The Morgan fingerprint density at radius 3 is 2.90 bits per heavy atom. The van der Waals surface area contributed by atoms with E-state index >= 15 is 0 Å². The molecule has 1 atom stereocenters. The number of nitrogens with two attached hydrogens (primary N) is 1. The summed E-state index contributed by atoms with van der Waals surface area (Å²) >= 11 is 6.00. The topological polar surface area (TPSA) is 60.2 Å². The van der Waals surface area contributed by atoms with E-state index in [0.29, 0.717) is 10.8 Å². The van der Waals surface area contributed by atoms with Gasteiger partial charge >= 0.3 is 0 Å². The molecule has 0 saturated heterocycles. The lowest BCUT2D eigenvalue weighted by molar-refractivity contribution is 0.414. The first-order valence-electron chi connectivity index (χ1n) is 6.35. The van der Waals surface area contributed by atoms with Gasteiger partial charge in [0.25, 0.3) is 0 Å². The third-order valence-electron chi connectivity index (χ3n) is 3.21. The summed E-state index contributed by atoms with van der Waals surface area (Å²) in [6.45, 7) is 0. The van der Waals surface area contributed by atoms with Crippen LogP contribution in [0.3, 0.4) is 0 Å². The van der Waals surface area contributed by atoms with Crippen LogP contribution in [0.2, 0.25) is 5.02 Å². The highest BCUT2D eigenvalue weighted by Crippen LogP contribution is 2.26. The molecule has 20 heavy (non-hydrogen) atoms. The number of anilines is 1. The van der Waals surface area contributed by atoms with Crippen molar-refractivity contribution >= 4 is 17.4 Å². The monoisotopic (exact) mass is 291 g/mol. The first-order valence-corrected chi connectivity index (χ1v) is 6.73. The van der Waals surface area contributed by atoms with E-state index in [9.17, 15) is 0 Å². The van der Waals surface area contributed by atoms with Gasteiger partial charge in [0.15, 0.2) is 0 Å². The molecule has 5 heteroatoms. The van der Waals surface area contributed by atoms with E-state index in [4.69, 9.17) is 22.1 Å². The molecular formula is C15H18ClN3O. The number of hydrogen-bond donors (Lipinski definition) is 2. The summed E-state index contributed by atoms with van der Waals surface area (Å²) in [7, 11) is 3.55. The molecule has 0 fully saturated rings. The normalized spacial score (nSPS) is 12.2. The standard InChI is InChI=1S/C15H18ClN3O/c1-18-14(13-8-11(16)9-19-15(13)17)7-10-4-3-5-12(6-10)20-2/h3-6,8-9,14,18H,7H2,1-2H3,(H2,17,19). The van der Waals surface area contributed by atoms with Gasteiger partial charge in [0, 0.05) is 17.8 Å². The summed E-state index contributed by atoms with van der Waals surface area (Å²) < 4.78 is 5.24. The lowest BCUT2D eigenvalue weighted by atomic mass is 9.99. The first-order chi connectivity index (χ1) is 9.63. The maximum absolute atomic E-state index is 6.00. The van der Waals surface area contributed by atoms with Crippen molar-refractivity contribution in [1.29, 1.82) is 0 Å². The van der Waals surface area contributed by atoms with Gasteiger partial charge in [-0.25, -0.2) is 4.98 Å². The molecule has 1 aromatic heterocycles. The van der Waals surface area contributed by atoms with E-state index in [0.717, 1.165) is 23.3 Å². The number of ether oxygens (including phenoxy) is 1.